The maximum absolute atomic E-state index is 11.6. The van der Waals surface area contributed by atoms with E-state index >= 15 is 0 Å². The molecule has 98 valence electrons. The van der Waals surface area contributed by atoms with Gasteiger partial charge in [0.1, 0.15) is 0 Å². The Morgan fingerprint density at radius 2 is 2.17 bits per heavy atom. The quantitative estimate of drug-likeness (QED) is 0.817. The van der Waals surface area contributed by atoms with Crippen LogP contribution >= 0.6 is 0 Å². The normalized spacial score (nSPS) is 16.7. The molecule has 1 saturated heterocycles. The summed E-state index contributed by atoms with van der Waals surface area (Å²) >= 11 is 0. The van der Waals surface area contributed by atoms with Crippen LogP contribution in [0.15, 0.2) is 12.3 Å². The minimum atomic E-state index is 0.122. The highest BCUT2D eigenvalue weighted by atomic mass is 16.1. The number of rotatable bonds is 2. The zero-order valence-corrected chi connectivity index (χ0v) is 10.9. The van der Waals surface area contributed by atoms with Crippen molar-refractivity contribution < 1.29 is 4.79 Å². The van der Waals surface area contributed by atoms with Crippen LogP contribution in [0.5, 0.6) is 0 Å². The predicted molar refractivity (Wildman–Crippen MR) is 72.4 cm³/mol. The summed E-state index contributed by atoms with van der Waals surface area (Å²) in [5.74, 6) is 1.11. The Hall–Kier alpha value is -1.78. The number of carbonyl (C=O) groups excluding carboxylic acids is 1. The molecular formula is C13H20N4O. The monoisotopic (exact) mass is 248 g/mol. The number of piperidine rings is 1. The van der Waals surface area contributed by atoms with Crippen LogP contribution in [0.3, 0.4) is 0 Å². The number of nitrogen functional groups attached to an aromatic ring is 1. The van der Waals surface area contributed by atoms with E-state index in [2.05, 4.69) is 15.2 Å². The lowest BCUT2D eigenvalue weighted by Gasteiger charge is -2.32. The third-order valence-corrected chi connectivity index (χ3v) is 3.60. The Balaban J connectivity index is 2.06. The molecule has 0 unspecified atom stereocenters. The van der Waals surface area contributed by atoms with E-state index in [-0.39, 0.29) is 11.8 Å². The van der Waals surface area contributed by atoms with Crippen molar-refractivity contribution in [3.05, 3.63) is 17.8 Å². The number of aryl methyl sites for hydroxylation is 1. The van der Waals surface area contributed by atoms with Gasteiger partial charge in [-0.05, 0) is 31.4 Å². The lowest BCUT2D eigenvalue weighted by Crippen LogP contribution is -2.40. The average Bonchev–Trinajstić information content (AvgIpc) is 2.41. The number of hydrogen-bond donors (Lipinski definition) is 2. The summed E-state index contributed by atoms with van der Waals surface area (Å²) in [5, 5.41) is 2.71. The molecule has 5 heteroatoms. The molecular weight excluding hydrogens is 228 g/mol. The Labute approximate surface area is 107 Å². The van der Waals surface area contributed by atoms with Crippen molar-refractivity contribution in [2.75, 3.05) is 30.8 Å². The van der Waals surface area contributed by atoms with Crippen molar-refractivity contribution in [2.24, 2.45) is 5.92 Å². The molecule has 18 heavy (non-hydrogen) atoms. The topological polar surface area (TPSA) is 71.2 Å². The number of carbonyl (C=O) groups is 1. The fourth-order valence-corrected chi connectivity index (χ4v) is 2.36. The van der Waals surface area contributed by atoms with Gasteiger partial charge in [-0.3, -0.25) is 4.79 Å². The maximum Gasteiger partial charge on any atom is 0.222 e. The van der Waals surface area contributed by atoms with Crippen LogP contribution in [-0.2, 0) is 4.79 Å². The number of hydrogen-bond acceptors (Lipinski definition) is 4. The molecule has 0 atom stereocenters. The van der Waals surface area contributed by atoms with Crippen molar-refractivity contribution in [1.29, 1.82) is 0 Å². The highest BCUT2D eigenvalue weighted by Gasteiger charge is 2.25. The largest absolute Gasteiger partial charge is 0.396 e. The Kier molecular flexibility index (Phi) is 3.69. The molecule has 0 radical (unpaired) electrons. The molecule has 1 amide bonds. The van der Waals surface area contributed by atoms with Crippen molar-refractivity contribution in [1.82, 2.24) is 10.3 Å². The SMILES string of the molecule is CNC(=O)C1CCN(c2nccc(C)c2N)CC1. The van der Waals surface area contributed by atoms with Gasteiger partial charge in [0.2, 0.25) is 5.91 Å². The molecule has 0 saturated carbocycles. The summed E-state index contributed by atoms with van der Waals surface area (Å²) in [6, 6.07) is 1.91. The first kappa shape index (κ1) is 12.7. The van der Waals surface area contributed by atoms with Crippen LogP contribution < -0.4 is 16.0 Å². The van der Waals surface area contributed by atoms with Gasteiger partial charge in [0.15, 0.2) is 5.82 Å². The van der Waals surface area contributed by atoms with E-state index in [1.807, 2.05) is 13.0 Å². The number of amides is 1. The molecule has 1 aliphatic heterocycles. The number of nitrogens with one attached hydrogen (secondary N) is 1. The number of pyridine rings is 1. The Bertz CT molecular complexity index is 439. The standard InChI is InChI=1S/C13H20N4O/c1-9-3-6-16-12(11(9)14)17-7-4-10(5-8-17)13(18)15-2/h3,6,10H,4-5,7-8,14H2,1-2H3,(H,15,18). The van der Waals surface area contributed by atoms with E-state index in [9.17, 15) is 4.79 Å². The molecule has 3 N–H and O–H groups in total. The van der Waals surface area contributed by atoms with Gasteiger partial charge in [-0.1, -0.05) is 0 Å². The third-order valence-electron chi connectivity index (χ3n) is 3.60. The molecule has 2 heterocycles. The van der Waals surface area contributed by atoms with E-state index < -0.39 is 0 Å². The number of nitrogens with two attached hydrogens (primary N) is 1. The minimum absolute atomic E-state index is 0.122. The molecule has 2 rings (SSSR count). The zero-order valence-electron chi connectivity index (χ0n) is 10.9. The summed E-state index contributed by atoms with van der Waals surface area (Å²) in [7, 11) is 1.69. The molecule has 1 fully saturated rings. The minimum Gasteiger partial charge on any atom is -0.396 e. The van der Waals surface area contributed by atoms with Crippen molar-refractivity contribution >= 4 is 17.4 Å². The Morgan fingerprint density at radius 1 is 1.50 bits per heavy atom. The second-order valence-corrected chi connectivity index (χ2v) is 4.74. The molecule has 1 aromatic rings. The zero-order chi connectivity index (χ0) is 13.1. The molecule has 0 aromatic carbocycles. The van der Waals surface area contributed by atoms with Crippen LogP contribution in [0, 0.1) is 12.8 Å². The lowest BCUT2D eigenvalue weighted by atomic mass is 9.96. The average molecular weight is 248 g/mol. The first-order valence-corrected chi connectivity index (χ1v) is 6.31. The maximum atomic E-state index is 11.6. The molecule has 0 spiro atoms. The number of anilines is 2. The Morgan fingerprint density at radius 3 is 2.78 bits per heavy atom. The summed E-state index contributed by atoms with van der Waals surface area (Å²) in [6.07, 6.45) is 3.50. The first-order valence-electron chi connectivity index (χ1n) is 6.31. The predicted octanol–water partition coefficient (Wildman–Crippen LogP) is 0.935. The van der Waals surface area contributed by atoms with E-state index in [4.69, 9.17) is 5.73 Å². The van der Waals surface area contributed by atoms with Crippen LogP contribution in [0.25, 0.3) is 0 Å². The van der Waals surface area contributed by atoms with Crippen molar-refractivity contribution in [2.45, 2.75) is 19.8 Å². The molecule has 1 aromatic heterocycles. The van der Waals surface area contributed by atoms with Crippen molar-refractivity contribution in [3.63, 3.8) is 0 Å². The first-order chi connectivity index (χ1) is 8.63. The van der Waals surface area contributed by atoms with Gasteiger partial charge >= 0.3 is 0 Å². The van der Waals surface area contributed by atoms with Crippen LogP contribution in [0.4, 0.5) is 11.5 Å². The van der Waals surface area contributed by atoms with E-state index in [1.54, 1.807) is 13.2 Å². The highest BCUT2D eigenvalue weighted by Crippen LogP contribution is 2.27. The van der Waals surface area contributed by atoms with E-state index in [0.717, 1.165) is 43.0 Å². The van der Waals surface area contributed by atoms with Gasteiger partial charge < -0.3 is 16.0 Å². The number of aromatic nitrogens is 1. The van der Waals surface area contributed by atoms with Gasteiger partial charge in [-0.15, -0.1) is 0 Å². The molecule has 5 nitrogen and oxygen atoms in total. The van der Waals surface area contributed by atoms with Crippen molar-refractivity contribution in [3.8, 4) is 0 Å². The summed E-state index contributed by atoms with van der Waals surface area (Å²) in [6.45, 7) is 3.65. The molecule has 0 aliphatic carbocycles. The summed E-state index contributed by atoms with van der Waals surface area (Å²) in [5.41, 5.74) is 7.85. The van der Waals surface area contributed by atoms with Gasteiger partial charge in [0.05, 0.1) is 5.69 Å². The van der Waals surface area contributed by atoms with Gasteiger partial charge in [0, 0.05) is 32.3 Å². The van der Waals surface area contributed by atoms with Gasteiger partial charge in [-0.25, -0.2) is 4.98 Å². The lowest BCUT2D eigenvalue weighted by molar-refractivity contribution is -0.125. The second kappa shape index (κ2) is 5.25. The third kappa shape index (κ3) is 2.39. The van der Waals surface area contributed by atoms with Gasteiger partial charge in [0.25, 0.3) is 0 Å². The molecule has 0 bridgehead atoms. The summed E-state index contributed by atoms with van der Waals surface area (Å²) < 4.78 is 0. The van der Waals surface area contributed by atoms with Gasteiger partial charge in [-0.2, -0.15) is 0 Å². The van der Waals surface area contributed by atoms with Crippen LogP contribution in [0.2, 0.25) is 0 Å². The fourth-order valence-electron chi connectivity index (χ4n) is 2.36. The summed E-state index contributed by atoms with van der Waals surface area (Å²) in [4.78, 5) is 18.1. The van der Waals surface area contributed by atoms with E-state index in [1.165, 1.54) is 0 Å². The van der Waals surface area contributed by atoms with Crippen LogP contribution in [-0.4, -0.2) is 31.0 Å². The highest BCUT2D eigenvalue weighted by molar-refractivity contribution is 5.78. The van der Waals surface area contributed by atoms with E-state index in [0.29, 0.717) is 0 Å². The van der Waals surface area contributed by atoms with Crippen LogP contribution in [0.1, 0.15) is 18.4 Å². The second-order valence-electron chi connectivity index (χ2n) is 4.74. The number of nitrogens with zero attached hydrogens (tertiary/aromatic N) is 2. The fraction of sp³-hybridized carbons (Fsp3) is 0.538. The smallest absolute Gasteiger partial charge is 0.222 e. The molecule has 1 aliphatic rings.